The first-order valence-electron chi connectivity index (χ1n) is 12.5. The monoisotopic (exact) mass is 583 g/mol. The number of rotatable bonds is 5. The van der Waals surface area contributed by atoms with Crippen molar-refractivity contribution in [1.82, 2.24) is 14.8 Å². The molecule has 4 aromatic rings. The number of halogens is 3. The molecule has 2 heterocycles. The largest absolute Gasteiger partial charge is 0.416 e. The number of hydrogen-bond donors (Lipinski definition) is 2. The molecule has 1 N–H and O–H groups in total. The molecule has 3 amide bonds. The molecule has 0 spiro atoms. The molecule has 0 saturated carbocycles. The third-order valence-corrected chi connectivity index (χ3v) is 7.45. The van der Waals surface area contributed by atoms with Gasteiger partial charge in [-0.2, -0.15) is 13.2 Å². The second-order valence-corrected chi connectivity index (χ2v) is 10.1. The van der Waals surface area contributed by atoms with Crippen molar-refractivity contribution in [3.63, 3.8) is 0 Å². The number of benzene rings is 3. The van der Waals surface area contributed by atoms with Crippen molar-refractivity contribution in [3.8, 4) is 0 Å². The van der Waals surface area contributed by atoms with Crippen LogP contribution >= 0.6 is 0 Å². The van der Waals surface area contributed by atoms with Crippen molar-refractivity contribution >= 4 is 50.8 Å². The zero-order chi connectivity index (χ0) is 29.1. The molecule has 1 aromatic heterocycles. The molecular formula is C28H24F3N5O4S. The summed E-state index contributed by atoms with van der Waals surface area (Å²) in [6, 6.07) is 18.7. The van der Waals surface area contributed by atoms with Gasteiger partial charge in [0.25, 0.3) is 5.91 Å². The van der Waals surface area contributed by atoms with E-state index < -0.39 is 28.7 Å². The summed E-state index contributed by atoms with van der Waals surface area (Å²) in [4.78, 5) is 33.1. The van der Waals surface area contributed by atoms with Crippen LogP contribution in [0.15, 0.2) is 85.1 Å². The number of carbonyl (C=O) groups is 2. The number of carbonyl (C=O) groups excluding carboxylic acids is 2. The molecule has 0 unspecified atom stereocenters. The summed E-state index contributed by atoms with van der Waals surface area (Å²) in [6.07, 6.45) is -2.88. The average molecular weight is 584 g/mol. The number of nitrogens with zero attached hydrogens (tertiary/aromatic N) is 4. The third kappa shape index (κ3) is 6.09. The number of anilines is 3. The minimum atomic E-state index is -4.46. The smallest absolute Gasteiger partial charge is 0.335 e. The second-order valence-electron chi connectivity index (χ2n) is 9.23. The minimum Gasteiger partial charge on any atom is -0.335 e. The van der Waals surface area contributed by atoms with Gasteiger partial charge in [0.1, 0.15) is 0 Å². The van der Waals surface area contributed by atoms with Gasteiger partial charge in [-0.05, 0) is 60.7 Å². The van der Waals surface area contributed by atoms with E-state index in [2.05, 4.69) is 10.3 Å². The number of thiol groups is 1. The first kappa shape index (κ1) is 27.9. The standard InChI is InChI=1S/C28H24F3N5O4S/c29-28(30,31)21-8-10-22(11-9-21)33-27(38)35-17-15-34(16-18-35)26(37)20-6-12-23(13-7-20)36(41(39)40)24-5-1-3-19-4-2-14-32-25(19)24/h1-14,41H,15-18H2,(H,33,38). The Bertz CT molecular complexity index is 1640. The molecule has 0 aliphatic carbocycles. The Hall–Kier alpha value is -4.65. The molecule has 13 heteroatoms. The summed E-state index contributed by atoms with van der Waals surface area (Å²) in [5.41, 5.74) is 1.04. The van der Waals surface area contributed by atoms with E-state index in [0.29, 0.717) is 22.5 Å². The van der Waals surface area contributed by atoms with Crippen molar-refractivity contribution in [2.75, 3.05) is 35.8 Å². The molecule has 1 fully saturated rings. The van der Waals surface area contributed by atoms with Crippen LogP contribution in [-0.4, -0.2) is 61.3 Å². The van der Waals surface area contributed by atoms with Gasteiger partial charge in [0.05, 0.1) is 22.5 Å². The van der Waals surface area contributed by atoms with Crippen molar-refractivity contribution < 1.29 is 31.2 Å². The van der Waals surface area contributed by atoms with Crippen molar-refractivity contribution in [2.24, 2.45) is 0 Å². The van der Waals surface area contributed by atoms with Gasteiger partial charge in [0.2, 0.25) is 10.9 Å². The summed E-state index contributed by atoms with van der Waals surface area (Å²) in [6.45, 7) is 0.964. The lowest BCUT2D eigenvalue weighted by Crippen LogP contribution is -2.51. The number of fused-ring (bicyclic) bond motifs is 1. The van der Waals surface area contributed by atoms with Gasteiger partial charge in [-0.15, -0.1) is 0 Å². The number of alkyl halides is 3. The summed E-state index contributed by atoms with van der Waals surface area (Å²) >= 11 is 0. The minimum absolute atomic E-state index is 0.231. The third-order valence-electron chi connectivity index (χ3n) is 6.68. The first-order valence-corrected chi connectivity index (χ1v) is 13.7. The number of piperazine rings is 1. The lowest BCUT2D eigenvalue weighted by Gasteiger charge is -2.34. The normalized spacial score (nSPS) is 13.9. The van der Waals surface area contributed by atoms with Crippen LogP contribution in [-0.2, 0) is 17.1 Å². The number of para-hydroxylation sites is 1. The molecule has 1 aliphatic rings. The van der Waals surface area contributed by atoms with E-state index in [0.717, 1.165) is 21.8 Å². The Labute approximate surface area is 234 Å². The van der Waals surface area contributed by atoms with Crippen LogP contribution in [0.1, 0.15) is 15.9 Å². The van der Waals surface area contributed by atoms with E-state index in [9.17, 15) is 31.2 Å². The van der Waals surface area contributed by atoms with Crippen LogP contribution < -0.4 is 9.62 Å². The van der Waals surface area contributed by atoms with Gasteiger partial charge in [-0.3, -0.25) is 9.78 Å². The Morgan fingerprint density at radius 3 is 2.10 bits per heavy atom. The maximum absolute atomic E-state index is 13.1. The van der Waals surface area contributed by atoms with Gasteiger partial charge >= 0.3 is 12.2 Å². The fourth-order valence-electron chi connectivity index (χ4n) is 4.57. The lowest BCUT2D eigenvalue weighted by atomic mass is 10.1. The molecule has 0 atom stereocenters. The van der Waals surface area contributed by atoms with Gasteiger partial charge < -0.3 is 15.1 Å². The second kappa shape index (κ2) is 11.5. The molecule has 3 aromatic carbocycles. The fourth-order valence-corrected chi connectivity index (χ4v) is 5.23. The van der Waals surface area contributed by atoms with E-state index in [4.69, 9.17) is 0 Å². The number of pyridine rings is 1. The predicted octanol–water partition coefficient (Wildman–Crippen LogP) is 4.91. The van der Waals surface area contributed by atoms with E-state index >= 15 is 0 Å². The Kier molecular flexibility index (Phi) is 7.79. The maximum atomic E-state index is 13.1. The van der Waals surface area contributed by atoms with Crippen LogP contribution in [0.3, 0.4) is 0 Å². The topological polar surface area (TPSA) is 103 Å². The van der Waals surface area contributed by atoms with Crippen LogP contribution in [0.25, 0.3) is 10.9 Å². The maximum Gasteiger partial charge on any atom is 0.416 e. The lowest BCUT2D eigenvalue weighted by molar-refractivity contribution is -0.137. The zero-order valence-corrected chi connectivity index (χ0v) is 22.3. The van der Waals surface area contributed by atoms with Gasteiger partial charge in [0.15, 0.2) is 0 Å². The zero-order valence-electron chi connectivity index (χ0n) is 21.4. The number of nitrogens with one attached hydrogen (secondary N) is 1. The van der Waals surface area contributed by atoms with Crippen LogP contribution in [0.5, 0.6) is 0 Å². The SMILES string of the molecule is O=C(Nc1ccc(C(F)(F)F)cc1)N1CCN(C(=O)c2ccc(N(c3cccc4cccnc34)[SH](=O)=O)cc2)CC1. The summed E-state index contributed by atoms with van der Waals surface area (Å²) < 4.78 is 63.9. The Balaban J connectivity index is 1.22. The van der Waals surface area contributed by atoms with Crippen LogP contribution in [0.4, 0.5) is 35.0 Å². The fraction of sp³-hybridized carbons (Fsp3) is 0.179. The van der Waals surface area contributed by atoms with Gasteiger partial charge in [-0.1, -0.05) is 18.2 Å². The average Bonchev–Trinajstić information content (AvgIpc) is 2.97. The van der Waals surface area contributed by atoms with Gasteiger partial charge in [-0.25, -0.2) is 17.5 Å². The number of amides is 3. The highest BCUT2D eigenvalue weighted by Gasteiger charge is 2.30. The highest BCUT2D eigenvalue weighted by molar-refractivity contribution is 7.74. The van der Waals surface area contributed by atoms with E-state index in [1.165, 1.54) is 17.0 Å². The molecule has 5 rings (SSSR count). The quantitative estimate of drug-likeness (QED) is 0.325. The van der Waals surface area contributed by atoms with Gasteiger partial charge in [0, 0.05) is 49.0 Å². The van der Waals surface area contributed by atoms with Crippen LogP contribution in [0, 0.1) is 0 Å². The molecule has 1 aliphatic heterocycles. The summed E-state index contributed by atoms with van der Waals surface area (Å²) in [7, 11) is -3.06. The predicted molar refractivity (Wildman–Crippen MR) is 149 cm³/mol. The van der Waals surface area contributed by atoms with Crippen LogP contribution in [0.2, 0.25) is 0 Å². The molecule has 1 saturated heterocycles. The molecular weight excluding hydrogens is 559 g/mol. The number of aromatic nitrogens is 1. The van der Waals surface area contributed by atoms with E-state index in [1.54, 1.807) is 53.6 Å². The van der Waals surface area contributed by atoms with E-state index in [1.807, 2.05) is 12.1 Å². The van der Waals surface area contributed by atoms with E-state index in [-0.39, 0.29) is 37.8 Å². The molecule has 0 bridgehead atoms. The Morgan fingerprint density at radius 1 is 0.829 bits per heavy atom. The summed E-state index contributed by atoms with van der Waals surface area (Å²) in [5, 5.41) is 3.36. The first-order chi connectivity index (χ1) is 19.6. The number of hydrogen-bond acceptors (Lipinski definition) is 5. The van der Waals surface area contributed by atoms with Crippen molar-refractivity contribution in [3.05, 3.63) is 96.2 Å². The molecule has 212 valence electrons. The van der Waals surface area contributed by atoms with Crippen molar-refractivity contribution in [1.29, 1.82) is 0 Å². The molecule has 41 heavy (non-hydrogen) atoms. The molecule has 0 radical (unpaired) electrons. The molecule has 9 nitrogen and oxygen atoms in total. The number of urea groups is 1. The van der Waals surface area contributed by atoms with Crippen molar-refractivity contribution in [2.45, 2.75) is 6.18 Å². The highest BCUT2D eigenvalue weighted by atomic mass is 32.2. The summed E-state index contributed by atoms with van der Waals surface area (Å²) in [5.74, 6) is -0.274. The Morgan fingerprint density at radius 2 is 1.46 bits per heavy atom. The highest BCUT2D eigenvalue weighted by Crippen LogP contribution is 2.32.